The molecule has 0 aliphatic heterocycles. The molecule has 0 aliphatic rings. The molecule has 5 nitrogen and oxygen atoms in total. The van der Waals surface area contributed by atoms with Crippen molar-refractivity contribution >= 4 is 33.3 Å². The van der Waals surface area contributed by atoms with Gasteiger partial charge >= 0.3 is 0 Å². The van der Waals surface area contributed by atoms with Crippen LogP contribution in [0.25, 0.3) is 11.6 Å². The third-order valence-corrected chi connectivity index (χ3v) is 3.35. The average Bonchev–Trinajstić information content (AvgIpc) is 2.69. The molecule has 0 atom stereocenters. The van der Waals surface area contributed by atoms with E-state index in [4.69, 9.17) is 11.6 Å². The van der Waals surface area contributed by atoms with Gasteiger partial charge in [0.25, 0.3) is 0 Å². The Balaban J connectivity index is 2.37. The molecule has 2 heterocycles. The quantitative estimate of drug-likeness (QED) is 0.936. The molecular formula is C11H13BrClN5. The van der Waals surface area contributed by atoms with Crippen LogP contribution in [0.3, 0.4) is 0 Å². The number of nitrogens with zero attached hydrogens (tertiary/aromatic N) is 4. The summed E-state index contributed by atoms with van der Waals surface area (Å²) in [4.78, 5) is 12.9. The molecule has 0 fully saturated rings. The van der Waals surface area contributed by atoms with Gasteiger partial charge in [-0.25, -0.2) is 15.0 Å². The van der Waals surface area contributed by atoms with Crippen LogP contribution in [0.5, 0.6) is 0 Å². The fraction of sp³-hybridized carbons (Fsp3) is 0.364. The van der Waals surface area contributed by atoms with Crippen LogP contribution in [0, 0.1) is 0 Å². The highest BCUT2D eigenvalue weighted by atomic mass is 79.9. The van der Waals surface area contributed by atoms with Crippen molar-refractivity contribution in [3.8, 4) is 11.6 Å². The van der Waals surface area contributed by atoms with Gasteiger partial charge in [0.15, 0.2) is 11.6 Å². The second-order valence-electron chi connectivity index (χ2n) is 3.78. The van der Waals surface area contributed by atoms with Gasteiger partial charge in [0.05, 0.1) is 10.7 Å². The lowest BCUT2D eigenvalue weighted by Crippen LogP contribution is -2.05. The predicted octanol–water partition coefficient (Wildman–Crippen LogP) is 3.11. The molecular weight excluding hydrogens is 318 g/mol. The molecule has 2 aromatic heterocycles. The molecule has 0 aliphatic carbocycles. The van der Waals surface area contributed by atoms with Gasteiger partial charge in [0.2, 0.25) is 0 Å². The van der Waals surface area contributed by atoms with Crippen molar-refractivity contribution in [1.29, 1.82) is 0 Å². The van der Waals surface area contributed by atoms with Crippen molar-refractivity contribution in [3.05, 3.63) is 22.0 Å². The van der Waals surface area contributed by atoms with Gasteiger partial charge in [-0.3, -0.25) is 0 Å². The van der Waals surface area contributed by atoms with Gasteiger partial charge in [-0.2, -0.15) is 0 Å². The minimum absolute atomic E-state index is 0.547. The van der Waals surface area contributed by atoms with Crippen molar-refractivity contribution in [1.82, 2.24) is 19.5 Å². The maximum Gasteiger partial charge on any atom is 0.197 e. The summed E-state index contributed by atoms with van der Waals surface area (Å²) in [6.45, 7) is 2.96. The van der Waals surface area contributed by atoms with Crippen LogP contribution in [0.1, 0.15) is 13.3 Å². The van der Waals surface area contributed by atoms with E-state index in [1.807, 2.05) is 7.05 Å². The van der Waals surface area contributed by atoms with E-state index in [1.54, 1.807) is 17.0 Å². The van der Waals surface area contributed by atoms with Crippen LogP contribution < -0.4 is 5.32 Å². The molecule has 0 bridgehead atoms. The van der Waals surface area contributed by atoms with Crippen LogP contribution in [-0.2, 0) is 7.05 Å². The first-order valence-electron chi connectivity index (χ1n) is 5.57. The lowest BCUT2D eigenvalue weighted by Gasteiger charge is -2.08. The van der Waals surface area contributed by atoms with E-state index in [-0.39, 0.29) is 0 Å². The average molecular weight is 331 g/mol. The summed E-state index contributed by atoms with van der Waals surface area (Å²) >= 11 is 9.37. The predicted molar refractivity (Wildman–Crippen MR) is 75.7 cm³/mol. The standard InChI is InChI=1S/C11H13BrClN5/c1-3-4-14-9-7(12)5-15-10(17-9)11-16-6-8(13)18(11)2/h5-6H,3-4H2,1-2H3,(H,14,15,17). The van der Waals surface area contributed by atoms with E-state index in [0.29, 0.717) is 16.8 Å². The fourth-order valence-electron chi connectivity index (χ4n) is 1.44. The van der Waals surface area contributed by atoms with E-state index in [9.17, 15) is 0 Å². The number of hydrogen-bond donors (Lipinski definition) is 1. The van der Waals surface area contributed by atoms with Crippen LogP contribution in [-0.4, -0.2) is 26.1 Å². The minimum atomic E-state index is 0.547. The fourth-order valence-corrected chi connectivity index (χ4v) is 1.90. The van der Waals surface area contributed by atoms with E-state index in [0.717, 1.165) is 23.3 Å². The van der Waals surface area contributed by atoms with Gasteiger partial charge in [-0.1, -0.05) is 18.5 Å². The van der Waals surface area contributed by atoms with Gasteiger partial charge in [0, 0.05) is 19.8 Å². The van der Waals surface area contributed by atoms with E-state index >= 15 is 0 Å². The summed E-state index contributed by atoms with van der Waals surface area (Å²) in [7, 11) is 1.83. The Morgan fingerprint density at radius 3 is 2.78 bits per heavy atom. The Labute approximate surface area is 119 Å². The van der Waals surface area contributed by atoms with E-state index in [2.05, 4.69) is 43.1 Å². The summed E-state index contributed by atoms with van der Waals surface area (Å²) < 4.78 is 2.58. The first-order valence-corrected chi connectivity index (χ1v) is 6.74. The molecule has 1 N–H and O–H groups in total. The maximum atomic E-state index is 5.95. The first-order chi connectivity index (χ1) is 8.63. The summed E-state index contributed by atoms with van der Waals surface area (Å²) in [5.41, 5.74) is 0. The van der Waals surface area contributed by atoms with E-state index < -0.39 is 0 Å². The SMILES string of the molecule is CCCNc1nc(-c2ncc(Cl)n2C)ncc1Br. The second-order valence-corrected chi connectivity index (χ2v) is 5.02. The molecule has 0 unspecified atom stereocenters. The molecule has 0 radical (unpaired) electrons. The smallest absolute Gasteiger partial charge is 0.197 e. The lowest BCUT2D eigenvalue weighted by atomic mass is 10.4. The summed E-state index contributed by atoms with van der Waals surface area (Å²) in [6, 6.07) is 0. The maximum absolute atomic E-state index is 5.95. The molecule has 0 saturated carbocycles. The topological polar surface area (TPSA) is 55.6 Å². The first kappa shape index (κ1) is 13.3. The number of nitrogens with one attached hydrogen (secondary N) is 1. The molecule has 2 aromatic rings. The molecule has 0 saturated heterocycles. The zero-order valence-electron chi connectivity index (χ0n) is 10.1. The number of halogens is 2. The summed E-state index contributed by atoms with van der Waals surface area (Å²) in [5.74, 6) is 1.96. The van der Waals surface area contributed by atoms with Gasteiger partial charge in [0.1, 0.15) is 11.0 Å². The van der Waals surface area contributed by atoms with Crippen molar-refractivity contribution in [2.45, 2.75) is 13.3 Å². The molecule has 7 heteroatoms. The molecule has 0 spiro atoms. The lowest BCUT2D eigenvalue weighted by molar-refractivity contribution is 0.903. The Morgan fingerprint density at radius 2 is 2.17 bits per heavy atom. The number of imidazole rings is 1. The van der Waals surface area contributed by atoms with E-state index in [1.165, 1.54) is 0 Å². The zero-order chi connectivity index (χ0) is 13.1. The molecule has 96 valence electrons. The van der Waals surface area contributed by atoms with Gasteiger partial charge in [-0.05, 0) is 22.4 Å². The summed E-state index contributed by atoms with van der Waals surface area (Å²) in [5, 5.41) is 3.79. The highest BCUT2D eigenvalue weighted by Crippen LogP contribution is 2.23. The molecule has 0 amide bonds. The van der Waals surface area contributed by atoms with Crippen molar-refractivity contribution in [2.24, 2.45) is 7.05 Å². The van der Waals surface area contributed by atoms with Gasteiger partial charge < -0.3 is 9.88 Å². The van der Waals surface area contributed by atoms with Gasteiger partial charge in [-0.15, -0.1) is 0 Å². The molecule has 0 aromatic carbocycles. The number of rotatable bonds is 4. The van der Waals surface area contributed by atoms with Crippen LogP contribution in [0.2, 0.25) is 5.15 Å². The largest absolute Gasteiger partial charge is 0.369 e. The monoisotopic (exact) mass is 329 g/mol. The Kier molecular flexibility index (Phi) is 4.19. The second kappa shape index (κ2) is 5.67. The highest BCUT2D eigenvalue weighted by molar-refractivity contribution is 9.10. The zero-order valence-corrected chi connectivity index (χ0v) is 12.5. The highest BCUT2D eigenvalue weighted by Gasteiger charge is 2.12. The van der Waals surface area contributed by atoms with Crippen molar-refractivity contribution in [2.75, 3.05) is 11.9 Å². The van der Waals surface area contributed by atoms with Crippen LogP contribution >= 0.6 is 27.5 Å². The molecule has 2 rings (SSSR count). The number of anilines is 1. The molecule has 18 heavy (non-hydrogen) atoms. The number of hydrogen-bond acceptors (Lipinski definition) is 4. The minimum Gasteiger partial charge on any atom is -0.369 e. The normalized spacial score (nSPS) is 10.7. The van der Waals surface area contributed by atoms with Crippen molar-refractivity contribution < 1.29 is 0 Å². The summed E-state index contributed by atoms with van der Waals surface area (Å²) in [6.07, 6.45) is 4.32. The Hall–Kier alpha value is -1.14. The number of aromatic nitrogens is 4. The van der Waals surface area contributed by atoms with Crippen LogP contribution in [0.4, 0.5) is 5.82 Å². The third-order valence-electron chi connectivity index (χ3n) is 2.42. The third kappa shape index (κ3) is 2.64. The van der Waals surface area contributed by atoms with Crippen molar-refractivity contribution in [3.63, 3.8) is 0 Å². The van der Waals surface area contributed by atoms with Crippen LogP contribution in [0.15, 0.2) is 16.9 Å². The Morgan fingerprint density at radius 1 is 1.39 bits per heavy atom. The Bertz CT molecular complexity index is 554.